The topological polar surface area (TPSA) is 9.72 Å². The van der Waals surface area contributed by atoms with Crippen LogP contribution in [0.5, 0.6) is 0 Å². The van der Waals surface area contributed by atoms with Crippen LogP contribution in [-0.4, -0.2) is 0 Å². The maximum Gasteiger partial charge on any atom is 0.0490 e. The van der Waals surface area contributed by atoms with Gasteiger partial charge in [-0.1, -0.05) is 164 Å². The minimum Gasteiger partial charge on any atom is -0.311 e. The Hall–Kier alpha value is -8.40. The minimum atomic E-state index is 1.09. The fourth-order valence-electron chi connectivity index (χ4n) is 9.17. The van der Waals surface area contributed by atoms with Crippen molar-refractivity contribution in [2.45, 2.75) is 27.7 Å². The molecule has 0 aliphatic rings. The number of aryl methyl sites for hydroxylation is 4. The van der Waals surface area contributed by atoms with Crippen LogP contribution >= 0.6 is 0 Å². The van der Waals surface area contributed by atoms with Crippen molar-refractivity contribution < 1.29 is 0 Å². The van der Waals surface area contributed by atoms with Crippen LogP contribution in [0.4, 0.5) is 51.2 Å². The third-order valence-corrected chi connectivity index (χ3v) is 12.8. The Morgan fingerprint density at radius 2 is 0.373 bits per heavy atom. The van der Waals surface area contributed by atoms with E-state index in [1.807, 2.05) is 0 Å². The van der Waals surface area contributed by atoms with E-state index < -0.39 is 0 Å². The van der Waals surface area contributed by atoms with Gasteiger partial charge in [-0.3, -0.25) is 0 Å². The summed E-state index contributed by atoms with van der Waals surface area (Å²) in [5, 5.41) is 0. The highest BCUT2D eigenvalue weighted by atomic mass is 15.2. The molecule has 0 unspecified atom stereocenters. The van der Waals surface area contributed by atoms with Gasteiger partial charge in [0.05, 0.1) is 0 Å². The van der Waals surface area contributed by atoms with Crippen molar-refractivity contribution in [1.29, 1.82) is 0 Å². The first kappa shape index (κ1) is 42.5. The van der Waals surface area contributed by atoms with E-state index in [0.717, 1.165) is 39.6 Å². The van der Waals surface area contributed by atoms with Crippen LogP contribution in [-0.2, 0) is 0 Å². The Bertz CT molecular complexity index is 2970. The summed E-state index contributed by atoms with van der Waals surface area (Å²) in [7, 11) is 0. The van der Waals surface area contributed by atoms with Gasteiger partial charge in [-0.05, 0) is 168 Å². The Balaban J connectivity index is 0.958. The monoisotopic (exact) mass is 863 g/mol. The molecule has 0 aliphatic heterocycles. The van der Waals surface area contributed by atoms with E-state index in [1.165, 1.54) is 67.3 Å². The van der Waals surface area contributed by atoms with Crippen molar-refractivity contribution >= 4 is 51.2 Å². The summed E-state index contributed by atoms with van der Waals surface area (Å²) in [6.07, 6.45) is 0. The van der Waals surface area contributed by atoms with Crippen LogP contribution in [0.15, 0.2) is 249 Å². The predicted molar refractivity (Wildman–Crippen MR) is 286 cm³/mol. The van der Waals surface area contributed by atoms with Crippen LogP contribution in [0.25, 0.3) is 33.4 Å². The minimum absolute atomic E-state index is 1.09. The second kappa shape index (κ2) is 19.0. The van der Waals surface area contributed by atoms with Crippen molar-refractivity contribution in [2.75, 3.05) is 14.7 Å². The van der Waals surface area contributed by atoms with Gasteiger partial charge >= 0.3 is 0 Å². The van der Waals surface area contributed by atoms with E-state index >= 15 is 0 Å². The van der Waals surface area contributed by atoms with Crippen LogP contribution in [0, 0.1) is 27.7 Å². The molecule has 0 atom stereocenters. The maximum atomic E-state index is 2.37. The highest BCUT2D eigenvalue weighted by molar-refractivity contribution is 5.85. The third kappa shape index (κ3) is 8.88. The molecule has 0 aromatic heterocycles. The first-order valence-electron chi connectivity index (χ1n) is 23.1. The van der Waals surface area contributed by atoms with E-state index in [2.05, 4.69) is 291 Å². The molecule has 0 amide bonds. The standard InChI is InChI=1S/C64H53N3/c1-46-16-8-12-22-61(46)66(62-23-13-9-17-47(62)2)59-42-32-54(33-43-59)52-28-38-57(39-29-52)65(56-36-26-51(27-37-56)50-20-6-5-7-21-50)58-40-30-53(31-41-58)55-34-44-60(45-35-55)67(63-24-14-10-18-48(63)3)64-25-15-11-19-49(64)4/h5-45H,1-4H3. The average molecular weight is 864 g/mol. The van der Waals surface area contributed by atoms with Crippen molar-refractivity contribution in [3.8, 4) is 33.4 Å². The molecule has 324 valence electrons. The lowest BCUT2D eigenvalue weighted by Gasteiger charge is -2.28. The lowest BCUT2D eigenvalue weighted by atomic mass is 10.0. The fourth-order valence-corrected chi connectivity index (χ4v) is 9.17. The summed E-state index contributed by atoms with van der Waals surface area (Å²) in [5.41, 5.74) is 22.2. The van der Waals surface area contributed by atoms with Gasteiger partial charge in [0.15, 0.2) is 0 Å². The van der Waals surface area contributed by atoms with Gasteiger partial charge in [0.1, 0.15) is 0 Å². The smallest absolute Gasteiger partial charge is 0.0490 e. The molecular weight excluding hydrogens is 811 g/mol. The van der Waals surface area contributed by atoms with E-state index in [-0.39, 0.29) is 0 Å². The molecule has 0 radical (unpaired) electrons. The average Bonchev–Trinajstić information content (AvgIpc) is 3.38. The van der Waals surface area contributed by atoms with Gasteiger partial charge in [-0.15, -0.1) is 0 Å². The Morgan fingerprint density at radius 3 is 0.612 bits per heavy atom. The van der Waals surface area contributed by atoms with Gasteiger partial charge in [0.2, 0.25) is 0 Å². The molecule has 0 N–H and O–H groups in total. The quantitative estimate of drug-likeness (QED) is 0.121. The molecule has 0 aliphatic carbocycles. The molecular formula is C64H53N3. The zero-order valence-electron chi connectivity index (χ0n) is 38.5. The Labute approximate surface area is 396 Å². The van der Waals surface area contributed by atoms with Gasteiger partial charge in [-0.25, -0.2) is 0 Å². The molecule has 0 spiro atoms. The normalized spacial score (nSPS) is 11.0. The summed E-state index contributed by atoms with van der Waals surface area (Å²) < 4.78 is 0. The number of rotatable bonds is 12. The summed E-state index contributed by atoms with van der Waals surface area (Å²) >= 11 is 0. The SMILES string of the molecule is Cc1ccccc1N(c1ccc(-c2ccc(N(c3ccc(-c4ccccc4)cc3)c3ccc(-c4ccc(N(c5ccccc5C)c5ccccc5C)cc4)cc3)cc2)cc1)c1ccccc1C. The van der Waals surface area contributed by atoms with E-state index in [9.17, 15) is 0 Å². The molecule has 10 rings (SSSR count). The molecule has 0 heterocycles. The Morgan fingerprint density at radius 1 is 0.179 bits per heavy atom. The highest BCUT2D eigenvalue weighted by Gasteiger charge is 2.19. The molecule has 3 nitrogen and oxygen atoms in total. The van der Waals surface area contributed by atoms with Gasteiger partial charge < -0.3 is 14.7 Å². The van der Waals surface area contributed by atoms with E-state index in [4.69, 9.17) is 0 Å². The number of para-hydroxylation sites is 4. The molecule has 67 heavy (non-hydrogen) atoms. The van der Waals surface area contributed by atoms with Crippen LogP contribution < -0.4 is 14.7 Å². The molecule has 0 fully saturated rings. The predicted octanol–water partition coefficient (Wildman–Crippen LogP) is 18.3. The third-order valence-electron chi connectivity index (χ3n) is 12.8. The molecule has 10 aromatic carbocycles. The molecule has 3 heteroatoms. The lowest BCUT2D eigenvalue weighted by Crippen LogP contribution is -2.12. The fraction of sp³-hybridized carbons (Fsp3) is 0.0625. The molecule has 0 bridgehead atoms. The number of benzene rings is 10. The van der Waals surface area contributed by atoms with Gasteiger partial charge in [0, 0.05) is 51.2 Å². The zero-order chi connectivity index (χ0) is 45.7. The van der Waals surface area contributed by atoms with Gasteiger partial charge in [0.25, 0.3) is 0 Å². The second-order valence-electron chi connectivity index (χ2n) is 17.3. The highest BCUT2D eigenvalue weighted by Crippen LogP contribution is 2.42. The van der Waals surface area contributed by atoms with Crippen molar-refractivity contribution in [1.82, 2.24) is 0 Å². The van der Waals surface area contributed by atoms with Crippen LogP contribution in [0.1, 0.15) is 22.3 Å². The summed E-state index contributed by atoms with van der Waals surface area (Å²) in [5.74, 6) is 0. The lowest BCUT2D eigenvalue weighted by molar-refractivity contribution is 1.23. The Kier molecular flexibility index (Phi) is 12.1. The molecule has 0 saturated heterocycles. The summed E-state index contributed by atoms with van der Waals surface area (Å²) in [4.78, 5) is 7.08. The molecule has 10 aromatic rings. The number of hydrogen-bond donors (Lipinski definition) is 0. The first-order valence-corrected chi connectivity index (χ1v) is 23.1. The van der Waals surface area contributed by atoms with Crippen molar-refractivity contribution in [3.05, 3.63) is 271 Å². The van der Waals surface area contributed by atoms with Gasteiger partial charge in [-0.2, -0.15) is 0 Å². The maximum absolute atomic E-state index is 2.37. The summed E-state index contributed by atoms with van der Waals surface area (Å²) in [6, 6.07) is 89.7. The van der Waals surface area contributed by atoms with E-state index in [0.29, 0.717) is 0 Å². The zero-order valence-corrected chi connectivity index (χ0v) is 38.5. The second-order valence-corrected chi connectivity index (χ2v) is 17.3. The van der Waals surface area contributed by atoms with Crippen molar-refractivity contribution in [2.24, 2.45) is 0 Å². The van der Waals surface area contributed by atoms with Crippen molar-refractivity contribution in [3.63, 3.8) is 0 Å². The first-order chi connectivity index (χ1) is 32.9. The summed E-state index contributed by atoms with van der Waals surface area (Å²) in [6.45, 7) is 8.72. The van der Waals surface area contributed by atoms with Crippen LogP contribution in [0.3, 0.4) is 0 Å². The van der Waals surface area contributed by atoms with Crippen LogP contribution in [0.2, 0.25) is 0 Å². The van der Waals surface area contributed by atoms with E-state index in [1.54, 1.807) is 0 Å². The largest absolute Gasteiger partial charge is 0.311 e. The number of nitrogens with zero attached hydrogens (tertiary/aromatic N) is 3. The number of hydrogen-bond acceptors (Lipinski definition) is 3. The molecule has 0 saturated carbocycles. The number of anilines is 9.